The molecule has 1 heterocycles. The Morgan fingerprint density at radius 2 is 1.68 bits per heavy atom. The molecule has 28 heavy (non-hydrogen) atoms. The number of rotatable bonds is 6. The van der Waals surface area contributed by atoms with Gasteiger partial charge in [0.1, 0.15) is 11.5 Å². The first kappa shape index (κ1) is 18.7. The molecule has 0 atom stereocenters. The minimum Gasteiger partial charge on any atom is -0.497 e. The van der Waals surface area contributed by atoms with Crippen LogP contribution in [0.25, 0.3) is 11.3 Å². The molecule has 0 aliphatic heterocycles. The Kier molecular flexibility index (Phi) is 5.40. The zero-order valence-electron chi connectivity index (χ0n) is 14.4. The van der Waals surface area contributed by atoms with Gasteiger partial charge >= 0.3 is 12.0 Å². The highest BCUT2D eigenvalue weighted by Crippen LogP contribution is 2.26. The van der Waals surface area contributed by atoms with Crippen molar-refractivity contribution in [1.82, 2.24) is 0 Å². The van der Waals surface area contributed by atoms with Crippen molar-refractivity contribution in [2.45, 2.75) is 6.61 Å². The van der Waals surface area contributed by atoms with E-state index in [1.165, 1.54) is 31.4 Å². The standard InChI is InChI=1S/C18H13NO9/c1-24-13-6-2-11(3-7-13)16-15(27-18(21)28-16)10-25-17(20)26-14-8-4-12(5-9-14)19(22)23/h2-9H,10H2,1H3. The topological polar surface area (TPSA) is 131 Å². The van der Waals surface area contributed by atoms with Crippen LogP contribution in [0.2, 0.25) is 0 Å². The summed E-state index contributed by atoms with van der Waals surface area (Å²) in [5, 5.41) is 10.6. The first-order chi connectivity index (χ1) is 13.5. The molecule has 0 amide bonds. The van der Waals surface area contributed by atoms with Gasteiger partial charge in [0.15, 0.2) is 18.1 Å². The predicted octanol–water partition coefficient (Wildman–Crippen LogP) is 3.53. The summed E-state index contributed by atoms with van der Waals surface area (Å²) in [5.74, 6) is -0.182. The van der Waals surface area contributed by atoms with E-state index in [0.29, 0.717) is 11.3 Å². The fourth-order valence-corrected chi connectivity index (χ4v) is 2.25. The lowest BCUT2D eigenvalue weighted by Gasteiger charge is -2.05. The molecular formula is C18H13NO9. The summed E-state index contributed by atoms with van der Waals surface area (Å²) < 4.78 is 24.8. The maximum atomic E-state index is 11.8. The number of carbonyl (C=O) groups excluding carboxylic acids is 1. The highest BCUT2D eigenvalue weighted by molar-refractivity contribution is 5.65. The SMILES string of the molecule is COc1ccc(-c2oc(=O)oc2COC(=O)Oc2ccc([N+](=O)[O-])cc2)cc1. The Labute approximate surface area is 157 Å². The fourth-order valence-electron chi connectivity index (χ4n) is 2.25. The monoisotopic (exact) mass is 387 g/mol. The van der Waals surface area contributed by atoms with Gasteiger partial charge in [-0.15, -0.1) is 0 Å². The molecule has 0 unspecified atom stereocenters. The number of nitro benzene ring substituents is 1. The molecule has 0 saturated carbocycles. The van der Waals surface area contributed by atoms with E-state index in [2.05, 4.69) is 0 Å². The zero-order chi connectivity index (χ0) is 20.1. The largest absolute Gasteiger partial charge is 0.519 e. The summed E-state index contributed by atoms with van der Waals surface area (Å²) in [6, 6.07) is 11.5. The van der Waals surface area contributed by atoms with Crippen molar-refractivity contribution in [3.8, 4) is 22.8 Å². The Morgan fingerprint density at radius 1 is 1.04 bits per heavy atom. The van der Waals surface area contributed by atoms with Crippen LogP contribution in [0.15, 0.2) is 62.2 Å². The summed E-state index contributed by atoms with van der Waals surface area (Å²) in [4.78, 5) is 33.3. The van der Waals surface area contributed by atoms with Crippen LogP contribution in [0, 0.1) is 10.1 Å². The summed E-state index contributed by atoms with van der Waals surface area (Å²) in [6.07, 6.45) is -1.08. The number of methoxy groups -OCH3 is 1. The average Bonchev–Trinajstić information content (AvgIpc) is 3.07. The second-order valence-electron chi connectivity index (χ2n) is 5.33. The quantitative estimate of drug-likeness (QED) is 0.270. The number of non-ortho nitro benzene ring substituents is 1. The molecule has 0 N–H and O–H groups in total. The lowest BCUT2D eigenvalue weighted by molar-refractivity contribution is -0.384. The summed E-state index contributed by atoms with van der Waals surface area (Å²) in [7, 11) is 1.52. The predicted molar refractivity (Wildman–Crippen MR) is 93.1 cm³/mol. The average molecular weight is 387 g/mol. The molecule has 2 aromatic carbocycles. The maximum Gasteiger partial charge on any atom is 0.519 e. The van der Waals surface area contributed by atoms with Crippen LogP contribution >= 0.6 is 0 Å². The van der Waals surface area contributed by atoms with Crippen LogP contribution in [-0.2, 0) is 11.3 Å². The van der Waals surface area contributed by atoms with Crippen molar-refractivity contribution >= 4 is 11.8 Å². The number of benzene rings is 2. The molecule has 144 valence electrons. The van der Waals surface area contributed by atoms with E-state index in [9.17, 15) is 19.7 Å². The van der Waals surface area contributed by atoms with Crippen LogP contribution in [0.3, 0.4) is 0 Å². The molecule has 0 saturated heterocycles. The Balaban J connectivity index is 1.66. The zero-order valence-corrected chi connectivity index (χ0v) is 14.4. The van der Waals surface area contributed by atoms with E-state index in [1.54, 1.807) is 24.3 Å². The number of carbonyl (C=O) groups is 1. The molecule has 1 aromatic heterocycles. The molecule has 0 fully saturated rings. The van der Waals surface area contributed by atoms with Gasteiger partial charge in [-0.1, -0.05) is 0 Å². The van der Waals surface area contributed by atoms with Gasteiger partial charge < -0.3 is 23.0 Å². The molecule has 0 aliphatic carbocycles. The third-order valence-electron chi connectivity index (χ3n) is 3.57. The van der Waals surface area contributed by atoms with Gasteiger partial charge in [0.05, 0.1) is 12.0 Å². The highest BCUT2D eigenvalue weighted by Gasteiger charge is 2.18. The van der Waals surface area contributed by atoms with Gasteiger partial charge in [0.2, 0.25) is 0 Å². The molecule has 0 aliphatic rings. The van der Waals surface area contributed by atoms with Gasteiger partial charge in [0, 0.05) is 17.7 Å². The second-order valence-corrected chi connectivity index (χ2v) is 5.33. The van der Waals surface area contributed by atoms with Gasteiger partial charge in [-0.25, -0.2) is 9.59 Å². The van der Waals surface area contributed by atoms with Crippen molar-refractivity contribution in [3.05, 3.63) is 75.0 Å². The number of nitrogens with zero attached hydrogens (tertiary/aromatic N) is 1. The third-order valence-corrected chi connectivity index (χ3v) is 3.57. The molecule has 10 heteroatoms. The van der Waals surface area contributed by atoms with Gasteiger partial charge in [0.25, 0.3) is 5.69 Å². The molecule has 3 rings (SSSR count). The third kappa shape index (κ3) is 4.36. The molecule has 10 nitrogen and oxygen atoms in total. The molecular weight excluding hydrogens is 374 g/mol. The number of ether oxygens (including phenoxy) is 3. The van der Waals surface area contributed by atoms with Crippen molar-refractivity contribution in [3.63, 3.8) is 0 Å². The van der Waals surface area contributed by atoms with Crippen molar-refractivity contribution in [1.29, 1.82) is 0 Å². The highest BCUT2D eigenvalue weighted by atomic mass is 16.7. The number of hydrogen-bond acceptors (Lipinski definition) is 9. The molecule has 0 spiro atoms. The van der Waals surface area contributed by atoms with Crippen LogP contribution in [-0.4, -0.2) is 18.2 Å². The van der Waals surface area contributed by atoms with E-state index in [4.69, 9.17) is 23.0 Å². The van der Waals surface area contributed by atoms with E-state index in [0.717, 1.165) is 0 Å². The lowest BCUT2D eigenvalue weighted by Crippen LogP contribution is -2.10. The molecule has 0 bridgehead atoms. The Hall–Kier alpha value is -4.08. The van der Waals surface area contributed by atoms with Crippen molar-refractivity contribution < 1.29 is 32.8 Å². The summed E-state index contributed by atoms with van der Waals surface area (Å²) in [6.45, 7) is -0.418. The molecule has 3 aromatic rings. The Morgan fingerprint density at radius 3 is 2.29 bits per heavy atom. The van der Waals surface area contributed by atoms with E-state index in [1.807, 2.05) is 0 Å². The van der Waals surface area contributed by atoms with Crippen LogP contribution < -0.4 is 15.3 Å². The minimum absolute atomic E-state index is 0.00387. The molecule has 0 radical (unpaired) electrons. The second kappa shape index (κ2) is 8.08. The van der Waals surface area contributed by atoms with Crippen molar-refractivity contribution in [2.75, 3.05) is 7.11 Å². The van der Waals surface area contributed by atoms with E-state index < -0.39 is 23.5 Å². The van der Waals surface area contributed by atoms with Crippen LogP contribution in [0.4, 0.5) is 10.5 Å². The van der Waals surface area contributed by atoms with Crippen LogP contribution in [0.5, 0.6) is 11.5 Å². The lowest BCUT2D eigenvalue weighted by atomic mass is 10.1. The first-order valence-corrected chi connectivity index (χ1v) is 7.82. The fraction of sp³-hybridized carbons (Fsp3) is 0.111. The summed E-state index contributed by atoms with van der Waals surface area (Å²) in [5.41, 5.74) is 0.374. The van der Waals surface area contributed by atoms with E-state index in [-0.39, 0.29) is 23.0 Å². The van der Waals surface area contributed by atoms with Gasteiger partial charge in [-0.3, -0.25) is 10.1 Å². The minimum atomic E-state index is -1.08. The van der Waals surface area contributed by atoms with Crippen molar-refractivity contribution in [2.24, 2.45) is 0 Å². The smallest absolute Gasteiger partial charge is 0.497 e. The maximum absolute atomic E-state index is 11.8. The van der Waals surface area contributed by atoms with Gasteiger partial charge in [-0.2, -0.15) is 0 Å². The van der Waals surface area contributed by atoms with Crippen LogP contribution in [0.1, 0.15) is 5.76 Å². The Bertz CT molecular complexity index is 1030. The number of hydrogen-bond donors (Lipinski definition) is 0. The van der Waals surface area contributed by atoms with Gasteiger partial charge in [-0.05, 0) is 36.4 Å². The first-order valence-electron chi connectivity index (χ1n) is 7.82. The normalized spacial score (nSPS) is 10.3. The number of nitro groups is 1. The van der Waals surface area contributed by atoms with E-state index >= 15 is 0 Å². The summed E-state index contributed by atoms with van der Waals surface area (Å²) >= 11 is 0.